The number of aliphatic imine (C=N–C) groups is 1. The number of benzene rings is 1. The van der Waals surface area contributed by atoms with E-state index in [1.54, 1.807) is 11.8 Å². The number of unbranched alkanes of at least 4 members (excludes halogenated alkanes) is 3. The molecule has 144 valence electrons. The van der Waals surface area contributed by atoms with Crippen LogP contribution < -0.4 is 0 Å². The fourth-order valence-corrected chi connectivity index (χ4v) is 4.79. The molecule has 1 aliphatic carbocycles. The summed E-state index contributed by atoms with van der Waals surface area (Å²) in [7, 11) is 0. The SMILES string of the molecule is CCCCCCC(C)N1C(=O)CCSC2=CC(=Nc3ccccc3)C=CC21. The third kappa shape index (κ3) is 5.35. The molecule has 1 amide bonds. The van der Waals surface area contributed by atoms with Crippen molar-refractivity contribution in [2.75, 3.05) is 5.75 Å². The van der Waals surface area contributed by atoms with Crippen molar-refractivity contribution in [3.8, 4) is 0 Å². The Balaban J connectivity index is 1.75. The molecule has 4 heteroatoms. The van der Waals surface area contributed by atoms with E-state index in [0.29, 0.717) is 6.42 Å². The molecule has 0 N–H and O–H groups in total. The van der Waals surface area contributed by atoms with E-state index in [9.17, 15) is 4.79 Å². The second-order valence-electron chi connectivity index (χ2n) is 7.32. The van der Waals surface area contributed by atoms with E-state index in [-0.39, 0.29) is 18.0 Å². The predicted octanol–water partition coefficient (Wildman–Crippen LogP) is 5.91. The number of carbonyl (C=O) groups excluding carboxylic acids is 1. The molecule has 1 heterocycles. The zero-order valence-electron chi connectivity index (χ0n) is 16.4. The number of thioether (sulfide) groups is 1. The van der Waals surface area contributed by atoms with Gasteiger partial charge in [0.05, 0.1) is 17.4 Å². The summed E-state index contributed by atoms with van der Waals surface area (Å²) in [6, 6.07) is 10.4. The average Bonchev–Trinajstić information content (AvgIpc) is 2.84. The van der Waals surface area contributed by atoms with Crippen LogP contribution in [0, 0.1) is 0 Å². The van der Waals surface area contributed by atoms with E-state index >= 15 is 0 Å². The average molecular weight is 383 g/mol. The number of allylic oxidation sites excluding steroid dienone is 2. The quantitative estimate of drug-likeness (QED) is 0.550. The van der Waals surface area contributed by atoms with Crippen LogP contribution in [0.5, 0.6) is 0 Å². The number of rotatable bonds is 7. The van der Waals surface area contributed by atoms with E-state index in [1.165, 1.54) is 30.6 Å². The second-order valence-corrected chi connectivity index (χ2v) is 8.49. The van der Waals surface area contributed by atoms with E-state index in [2.05, 4.69) is 37.0 Å². The normalized spacial score (nSPS) is 22.4. The first kappa shape index (κ1) is 19.9. The molecule has 2 aliphatic rings. The Morgan fingerprint density at radius 3 is 2.81 bits per heavy atom. The van der Waals surface area contributed by atoms with Gasteiger partial charge in [-0.1, -0.05) is 56.9 Å². The summed E-state index contributed by atoms with van der Waals surface area (Å²) in [5, 5.41) is 0. The Morgan fingerprint density at radius 1 is 1.22 bits per heavy atom. The fourth-order valence-electron chi connectivity index (χ4n) is 3.71. The molecule has 1 fully saturated rings. The van der Waals surface area contributed by atoms with Crippen molar-refractivity contribution in [1.29, 1.82) is 0 Å². The number of amides is 1. The minimum absolute atomic E-state index is 0.0703. The van der Waals surface area contributed by atoms with Gasteiger partial charge in [-0.15, -0.1) is 11.8 Å². The van der Waals surface area contributed by atoms with E-state index in [1.807, 2.05) is 30.3 Å². The lowest BCUT2D eigenvalue weighted by molar-refractivity contribution is -0.133. The molecule has 0 saturated carbocycles. The highest BCUT2D eigenvalue weighted by molar-refractivity contribution is 8.03. The number of nitrogens with zero attached hydrogens (tertiary/aromatic N) is 2. The van der Waals surface area contributed by atoms with Crippen LogP contribution >= 0.6 is 11.8 Å². The molecule has 2 atom stereocenters. The van der Waals surface area contributed by atoms with E-state index in [0.717, 1.165) is 23.6 Å². The van der Waals surface area contributed by atoms with Gasteiger partial charge < -0.3 is 4.90 Å². The van der Waals surface area contributed by atoms with Gasteiger partial charge in [-0.2, -0.15) is 0 Å². The first-order chi connectivity index (χ1) is 13.2. The number of hydrogen-bond donors (Lipinski definition) is 0. The van der Waals surface area contributed by atoms with Crippen molar-refractivity contribution in [3.63, 3.8) is 0 Å². The highest BCUT2D eigenvalue weighted by atomic mass is 32.2. The predicted molar refractivity (Wildman–Crippen MR) is 117 cm³/mol. The molecule has 3 rings (SSSR count). The highest BCUT2D eigenvalue weighted by Crippen LogP contribution is 2.34. The van der Waals surface area contributed by atoms with Crippen LogP contribution in [0.4, 0.5) is 5.69 Å². The summed E-state index contributed by atoms with van der Waals surface area (Å²) in [4.78, 5) is 20.9. The zero-order chi connectivity index (χ0) is 19.1. The molecule has 0 bridgehead atoms. The largest absolute Gasteiger partial charge is 0.329 e. The summed E-state index contributed by atoms with van der Waals surface area (Å²) in [5.74, 6) is 1.14. The first-order valence-electron chi connectivity index (χ1n) is 10.2. The van der Waals surface area contributed by atoms with E-state index in [4.69, 9.17) is 4.99 Å². The Bertz CT molecular complexity index is 723. The van der Waals surface area contributed by atoms with Gasteiger partial charge in [-0.3, -0.25) is 4.79 Å². The molecular formula is C23H30N2OS. The van der Waals surface area contributed by atoms with Crippen LogP contribution in [0.3, 0.4) is 0 Å². The minimum Gasteiger partial charge on any atom is -0.329 e. The third-order valence-corrected chi connectivity index (χ3v) is 6.27. The van der Waals surface area contributed by atoms with Crippen LogP contribution in [0.15, 0.2) is 58.5 Å². The molecule has 27 heavy (non-hydrogen) atoms. The summed E-state index contributed by atoms with van der Waals surface area (Å²) in [6.07, 6.45) is 13.1. The number of fused-ring (bicyclic) bond motifs is 1. The van der Waals surface area contributed by atoms with Crippen molar-refractivity contribution in [2.45, 2.75) is 64.5 Å². The number of para-hydroxylation sites is 1. The van der Waals surface area contributed by atoms with Gasteiger partial charge >= 0.3 is 0 Å². The van der Waals surface area contributed by atoms with Gasteiger partial charge in [0.25, 0.3) is 0 Å². The van der Waals surface area contributed by atoms with Gasteiger partial charge in [0.1, 0.15) is 0 Å². The molecule has 0 spiro atoms. The third-order valence-electron chi connectivity index (χ3n) is 5.17. The topological polar surface area (TPSA) is 32.7 Å². The van der Waals surface area contributed by atoms with Crippen molar-refractivity contribution < 1.29 is 4.79 Å². The number of hydrogen-bond acceptors (Lipinski definition) is 3. The molecule has 1 aliphatic heterocycles. The lowest BCUT2D eigenvalue weighted by atomic mass is 10.0. The van der Waals surface area contributed by atoms with Crippen molar-refractivity contribution in [2.24, 2.45) is 4.99 Å². The highest BCUT2D eigenvalue weighted by Gasteiger charge is 2.33. The molecule has 1 aromatic rings. The van der Waals surface area contributed by atoms with Gasteiger partial charge in [-0.05, 0) is 37.6 Å². The maximum Gasteiger partial charge on any atom is 0.224 e. The summed E-state index contributed by atoms with van der Waals surface area (Å²) >= 11 is 1.81. The van der Waals surface area contributed by atoms with E-state index < -0.39 is 0 Å². The van der Waals surface area contributed by atoms with Gasteiger partial charge in [0.2, 0.25) is 5.91 Å². The first-order valence-corrected chi connectivity index (χ1v) is 11.1. The van der Waals surface area contributed by atoms with Gasteiger partial charge in [0, 0.05) is 23.1 Å². The number of carbonyl (C=O) groups is 1. The van der Waals surface area contributed by atoms with Crippen molar-refractivity contribution in [1.82, 2.24) is 4.90 Å². The van der Waals surface area contributed by atoms with Gasteiger partial charge in [0.15, 0.2) is 0 Å². The standard InChI is InChI=1S/C23H30N2OS/c1-3-4-5-7-10-18(2)25-21-14-13-20(24-19-11-8-6-9-12-19)17-22(21)27-16-15-23(25)26/h6,8-9,11-14,17-18,21H,3-5,7,10,15-16H2,1-2H3. The van der Waals surface area contributed by atoms with Crippen molar-refractivity contribution >= 4 is 29.1 Å². The monoisotopic (exact) mass is 382 g/mol. The second kappa shape index (κ2) is 9.93. The minimum atomic E-state index is 0.0703. The lowest BCUT2D eigenvalue weighted by Gasteiger charge is -2.35. The Morgan fingerprint density at radius 2 is 2.04 bits per heavy atom. The summed E-state index contributed by atoms with van der Waals surface area (Å²) in [6.45, 7) is 4.44. The van der Waals surface area contributed by atoms with Gasteiger partial charge in [-0.25, -0.2) is 4.99 Å². The van der Waals surface area contributed by atoms with Crippen LogP contribution in [0.1, 0.15) is 52.4 Å². The maximum atomic E-state index is 12.8. The van der Waals surface area contributed by atoms with Crippen LogP contribution in [0.25, 0.3) is 0 Å². The summed E-state index contributed by atoms with van der Waals surface area (Å²) < 4.78 is 0. The Hall–Kier alpha value is -1.81. The molecule has 2 unspecified atom stereocenters. The molecule has 3 nitrogen and oxygen atoms in total. The Labute approximate surface area is 167 Å². The summed E-state index contributed by atoms with van der Waals surface area (Å²) in [5.41, 5.74) is 1.92. The zero-order valence-corrected chi connectivity index (χ0v) is 17.3. The van der Waals surface area contributed by atoms with Crippen LogP contribution in [-0.2, 0) is 4.79 Å². The maximum absolute atomic E-state index is 12.8. The smallest absolute Gasteiger partial charge is 0.224 e. The lowest BCUT2D eigenvalue weighted by Crippen LogP contribution is -2.45. The fraction of sp³-hybridized carbons (Fsp3) is 0.478. The van der Waals surface area contributed by atoms with Crippen LogP contribution in [-0.4, -0.2) is 34.4 Å². The van der Waals surface area contributed by atoms with Crippen LogP contribution in [0.2, 0.25) is 0 Å². The molecule has 0 radical (unpaired) electrons. The molecular weight excluding hydrogens is 352 g/mol. The molecule has 1 saturated heterocycles. The Kier molecular flexibility index (Phi) is 7.33. The van der Waals surface area contributed by atoms with Crippen molar-refractivity contribution in [3.05, 3.63) is 53.5 Å². The molecule has 0 aromatic heterocycles. The molecule has 1 aromatic carbocycles.